The fraction of sp³-hybridized carbons (Fsp3) is 0.393. The number of hydrogen-bond donors (Lipinski definition) is 1. The lowest BCUT2D eigenvalue weighted by molar-refractivity contribution is 0.102. The molecule has 1 aliphatic heterocycles. The number of nitrogens with zero attached hydrogens (tertiary/aromatic N) is 1. The number of anilines is 1. The smallest absolute Gasteiger partial charge is 0.256 e. The van der Waals surface area contributed by atoms with E-state index in [1.54, 1.807) is 25.6 Å². The number of thiophene rings is 1. The van der Waals surface area contributed by atoms with Crippen molar-refractivity contribution in [1.82, 2.24) is 4.90 Å². The number of hydrogen-bond acceptors (Lipinski definition) is 5. The van der Waals surface area contributed by atoms with E-state index in [2.05, 4.69) is 37.1 Å². The fourth-order valence-electron chi connectivity index (χ4n) is 4.70. The molecule has 0 aliphatic carbocycles. The largest absolute Gasteiger partial charge is 0.497 e. The summed E-state index contributed by atoms with van der Waals surface area (Å²) in [6.07, 6.45) is 2.31. The Balaban J connectivity index is 1.81. The molecule has 1 amide bonds. The summed E-state index contributed by atoms with van der Waals surface area (Å²) >= 11 is 1.65. The molecule has 0 spiro atoms. The van der Waals surface area contributed by atoms with Crippen LogP contribution in [-0.4, -0.2) is 38.1 Å². The quantitative estimate of drug-likeness (QED) is 0.424. The second-order valence-corrected chi connectivity index (χ2v) is 10.3. The molecule has 0 unspecified atom stereocenters. The van der Waals surface area contributed by atoms with Gasteiger partial charge in [-0.05, 0) is 75.5 Å². The molecular formula is C28H34N2O3S. The maximum absolute atomic E-state index is 13.1. The minimum absolute atomic E-state index is 0.0237. The first-order valence-corrected chi connectivity index (χ1v) is 12.7. The average Bonchev–Trinajstić information content (AvgIpc) is 3.13. The summed E-state index contributed by atoms with van der Waals surface area (Å²) in [6.45, 7) is 8.62. The van der Waals surface area contributed by atoms with Crippen molar-refractivity contribution in [3.63, 3.8) is 0 Å². The zero-order valence-corrected chi connectivity index (χ0v) is 21.5. The van der Waals surface area contributed by atoms with Crippen LogP contribution in [0.15, 0.2) is 48.5 Å². The summed E-state index contributed by atoms with van der Waals surface area (Å²) in [6, 6.07) is 15.4. The van der Waals surface area contributed by atoms with Gasteiger partial charge in [-0.25, -0.2) is 0 Å². The summed E-state index contributed by atoms with van der Waals surface area (Å²) in [5, 5.41) is 4.14. The first-order chi connectivity index (χ1) is 16.4. The summed E-state index contributed by atoms with van der Waals surface area (Å²) in [7, 11) is 3.37. The van der Waals surface area contributed by atoms with E-state index in [1.165, 1.54) is 10.4 Å². The number of amides is 1. The molecule has 1 aromatic heterocycles. The van der Waals surface area contributed by atoms with Crippen LogP contribution in [0.4, 0.5) is 5.00 Å². The molecule has 4 rings (SSSR count). The summed E-state index contributed by atoms with van der Waals surface area (Å²) in [4.78, 5) is 16.9. The van der Waals surface area contributed by atoms with Crippen LogP contribution >= 0.6 is 11.3 Å². The lowest BCUT2D eigenvalue weighted by Crippen LogP contribution is -2.37. The van der Waals surface area contributed by atoms with E-state index in [4.69, 9.17) is 9.47 Å². The molecule has 0 radical (unpaired) electrons. The molecule has 0 saturated carbocycles. The van der Waals surface area contributed by atoms with E-state index in [-0.39, 0.29) is 11.9 Å². The van der Waals surface area contributed by atoms with E-state index < -0.39 is 0 Å². The molecule has 2 aromatic carbocycles. The highest BCUT2D eigenvalue weighted by molar-refractivity contribution is 7.16. The zero-order chi connectivity index (χ0) is 24.2. The molecule has 34 heavy (non-hydrogen) atoms. The number of methoxy groups -OCH3 is 2. The Morgan fingerprint density at radius 1 is 1.06 bits per heavy atom. The fourth-order valence-corrected chi connectivity index (χ4v) is 5.78. The molecule has 0 bridgehead atoms. The van der Waals surface area contributed by atoms with Gasteiger partial charge in [-0.15, -0.1) is 11.3 Å². The Morgan fingerprint density at radius 3 is 2.41 bits per heavy atom. The Morgan fingerprint density at radius 2 is 1.76 bits per heavy atom. The van der Waals surface area contributed by atoms with Crippen molar-refractivity contribution in [3.05, 3.63) is 75.7 Å². The maximum atomic E-state index is 13.1. The number of benzene rings is 2. The van der Waals surface area contributed by atoms with Gasteiger partial charge in [0.1, 0.15) is 16.5 Å². The highest BCUT2D eigenvalue weighted by Gasteiger charge is 2.33. The second-order valence-electron chi connectivity index (χ2n) is 9.08. The molecule has 1 aliphatic rings. The molecule has 1 fully saturated rings. The lowest BCUT2D eigenvalue weighted by atomic mass is 9.90. The maximum Gasteiger partial charge on any atom is 0.256 e. The number of rotatable bonds is 7. The summed E-state index contributed by atoms with van der Waals surface area (Å²) in [5.41, 5.74) is 4.12. The molecule has 180 valence electrons. The number of carbonyl (C=O) groups is 1. The van der Waals surface area contributed by atoms with Crippen molar-refractivity contribution < 1.29 is 14.3 Å². The number of carbonyl (C=O) groups excluding carboxylic acids is 1. The number of ether oxygens (including phenoxy) is 2. The first-order valence-electron chi connectivity index (χ1n) is 11.8. The molecule has 1 saturated heterocycles. The Hall–Kier alpha value is -2.83. The molecular weight excluding hydrogens is 444 g/mol. The molecule has 1 N–H and O–H groups in total. The van der Waals surface area contributed by atoms with E-state index in [1.807, 2.05) is 42.5 Å². The summed E-state index contributed by atoms with van der Waals surface area (Å²) in [5.74, 6) is 2.20. The van der Waals surface area contributed by atoms with E-state index >= 15 is 0 Å². The Bertz CT molecular complexity index is 1130. The number of aryl methyl sites for hydroxylation is 1. The van der Waals surface area contributed by atoms with E-state index in [0.717, 1.165) is 59.5 Å². The van der Waals surface area contributed by atoms with Gasteiger partial charge in [-0.1, -0.05) is 25.1 Å². The Labute approximate surface area is 206 Å². The average molecular weight is 479 g/mol. The standard InChI is InChI=1S/C28H34N2O3S/c1-18-13-15-30(16-14-18)26(23-12-11-22(32-4)17-24(23)33-5)25-19(2)20(3)34-28(25)29-27(31)21-9-7-6-8-10-21/h6-12,17-18,26H,13-16H2,1-5H3,(H,29,31)/t26-/m0/s1. The predicted molar refractivity (Wildman–Crippen MR) is 140 cm³/mol. The van der Waals surface area contributed by atoms with Crippen LogP contribution in [0.1, 0.15) is 57.7 Å². The Kier molecular flexibility index (Phi) is 7.59. The lowest BCUT2D eigenvalue weighted by Gasteiger charge is -2.38. The number of nitrogens with one attached hydrogen (secondary N) is 1. The van der Waals surface area contributed by atoms with Crippen molar-refractivity contribution in [3.8, 4) is 11.5 Å². The molecule has 2 heterocycles. The van der Waals surface area contributed by atoms with Crippen LogP contribution in [0, 0.1) is 19.8 Å². The van der Waals surface area contributed by atoms with Crippen LogP contribution < -0.4 is 14.8 Å². The third-order valence-electron chi connectivity index (χ3n) is 6.89. The van der Waals surface area contributed by atoms with E-state index in [0.29, 0.717) is 5.56 Å². The molecule has 5 nitrogen and oxygen atoms in total. The number of likely N-dealkylation sites (tertiary alicyclic amines) is 1. The van der Waals surface area contributed by atoms with Gasteiger partial charge in [0.15, 0.2) is 0 Å². The predicted octanol–water partition coefficient (Wildman–Crippen LogP) is 6.46. The second kappa shape index (κ2) is 10.6. The van der Waals surface area contributed by atoms with Crippen molar-refractivity contribution >= 4 is 22.2 Å². The molecule has 3 aromatic rings. The van der Waals surface area contributed by atoms with Crippen LogP contribution in [0.5, 0.6) is 11.5 Å². The van der Waals surface area contributed by atoms with Crippen LogP contribution in [-0.2, 0) is 0 Å². The zero-order valence-electron chi connectivity index (χ0n) is 20.7. The minimum Gasteiger partial charge on any atom is -0.497 e. The van der Waals surface area contributed by atoms with Crippen molar-refractivity contribution in [2.24, 2.45) is 5.92 Å². The highest BCUT2D eigenvalue weighted by Crippen LogP contribution is 2.46. The van der Waals surface area contributed by atoms with Gasteiger partial charge in [0.05, 0.1) is 20.3 Å². The van der Waals surface area contributed by atoms with Gasteiger partial charge in [0.25, 0.3) is 5.91 Å². The van der Waals surface area contributed by atoms with Crippen LogP contribution in [0.2, 0.25) is 0 Å². The van der Waals surface area contributed by atoms with E-state index in [9.17, 15) is 4.79 Å². The topological polar surface area (TPSA) is 50.8 Å². The van der Waals surface area contributed by atoms with Gasteiger partial charge >= 0.3 is 0 Å². The normalized spacial score (nSPS) is 15.7. The van der Waals surface area contributed by atoms with Crippen LogP contribution in [0.3, 0.4) is 0 Å². The van der Waals surface area contributed by atoms with Gasteiger partial charge in [0.2, 0.25) is 0 Å². The monoisotopic (exact) mass is 478 g/mol. The third-order valence-corrected chi connectivity index (χ3v) is 8.03. The van der Waals surface area contributed by atoms with Crippen LogP contribution in [0.25, 0.3) is 0 Å². The van der Waals surface area contributed by atoms with Crippen molar-refractivity contribution in [2.45, 2.75) is 39.7 Å². The molecule has 6 heteroatoms. The third kappa shape index (κ3) is 4.98. The van der Waals surface area contributed by atoms with Crippen molar-refractivity contribution in [2.75, 3.05) is 32.6 Å². The SMILES string of the molecule is COc1ccc([C@@H](c2c(NC(=O)c3ccccc3)sc(C)c2C)N2CCC(C)CC2)c(OC)c1. The molecule has 1 atom stereocenters. The highest BCUT2D eigenvalue weighted by atomic mass is 32.1. The van der Waals surface area contributed by atoms with Gasteiger partial charge in [-0.3, -0.25) is 9.69 Å². The van der Waals surface area contributed by atoms with Gasteiger partial charge < -0.3 is 14.8 Å². The summed E-state index contributed by atoms with van der Waals surface area (Å²) < 4.78 is 11.3. The van der Waals surface area contributed by atoms with Gasteiger partial charge in [0, 0.05) is 27.6 Å². The minimum atomic E-state index is -0.0872. The van der Waals surface area contributed by atoms with Gasteiger partial charge in [-0.2, -0.15) is 0 Å². The first kappa shape index (κ1) is 24.3. The van der Waals surface area contributed by atoms with Crippen molar-refractivity contribution in [1.29, 1.82) is 0 Å². The number of piperidine rings is 1.